The molecule has 1 unspecified atom stereocenters. The molecule has 3 rings (SSSR count). The molecule has 0 bridgehead atoms. The van der Waals surface area contributed by atoms with Crippen LogP contribution in [0, 0.1) is 0 Å². The Morgan fingerprint density at radius 3 is 2.60 bits per heavy atom. The maximum absolute atomic E-state index is 12.2. The molecule has 1 N–H and O–H groups in total. The Labute approximate surface area is 115 Å². The lowest BCUT2D eigenvalue weighted by Gasteiger charge is -2.09. The lowest BCUT2D eigenvalue weighted by molar-refractivity contribution is 0.0641. The molecule has 1 aromatic heterocycles. The fourth-order valence-electron chi connectivity index (χ4n) is 2.10. The van der Waals surface area contributed by atoms with Crippen LogP contribution < -0.4 is 0 Å². The second kappa shape index (κ2) is 5.22. The van der Waals surface area contributed by atoms with E-state index < -0.39 is 12.0 Å². The number of benzene rings is 2. The molecule has 20 heavy (non-hydrogen) atoms. The quantitative estimate of drug-likeness (QED) is 0.784. The van der Waals surface area contributed by atoms with Crippen LogP contribution >= 0.6 is 0 Å². The summed E-state index contributed by atoms with van der Waals surface area (Å²) in [5.74, 6) is -0.470. The molecular formula is C15H13N3O2. The fraction of sp³-hybridized carbons (Fsp3) is 0.133. The number of nitrogens with zero attached hydrogens (tertiary/aromatic N) is 3. The molecule has 2 aromatic carbocycles. The summed E-state index contributed by atoms with van der Waals surface area (Å²) in [5.41, 5.74) is 2.13. The highest BCUT2D eigenvalue weighted by Gasteiger charge is 2.20. The molecule has 1 atom stereocenters. The Hall–Kier alpha value is -2.53. The molecule has 3 aromatic rings. The predicted octanol–water partition coefficient (Wildman–Crippen LogP) is 1.68. The van der Waals surface area contributed by atoms with Gasteiger partial charge in [0.25, 0.3) is 5.91 Å². The summed E-state index contributed by atoms with van der Waals surface area (Å²) >= 11 is 0. The van der Waals surface area contributed by atoms with Gasteiger partial charge in [-0.15, -0.1) is 5.10 Å². The SMILES string of the molecule is O=C(C(O)Cc1ccccc1)n1nnc2ccccc21. The van der Waals surface area contributed by atoms with Crippen molar-refractivity contribution in [3.05, 3.63) is 60.2 Å². The Kier molecular flexibility index (Phi) is 3.26. The fourth-order valence-corrected chi connectivity index (χ4v) is 2.10. The molecule has 0 aliphatic rings. The molecule has 5 nitrogen and oxygen atoms in total. The van der Waals surface area contributed by atoms with Crippen LogP contribution in [0.1, 0.15) is 10.4 Å². The molecule has 5 heteroatoms. The maximum atomic E-state index is 12.2. The zero-order chi connectivity index (χ0) is 13.9. The molecule has 0 saturated heterocycles. The summed E-state index contributed by atoms with van der Waals surface area (Å²) in [5, 5.41) is 17.8. The van der Waals surface area contributed by atoms with Crippen LogP contribution in [0.2, 0.25) is 0 Å². The van der Waals surface area contributed by atoms with Gasteiger partial charge in [0.05, 0.1) is 5.52 Å². The number of fused-ring (bicyclic) bond motifs is 1. The highest BCUT2D eigenvalue weighted by Crippen LogP contribution is 2.12. The normalized spacial score (nSPS) is 12.4. The number of carbonyl (C=O) groups is 1. The van der Waals surface area contributed by atoms with Gasteiger partial charge in [-0.05, 0) is 17.7 Å². The summed E-state index contributed by atoms with van der Waals surface area (Å²) in [6.07, 6.45) is -0.879. The van der Waals surface area contributed by atoms with E-state index >= 15 is 0 Å². The average molecular weight is 267 g/mol. The number of aliphatic hydroxyl groups is 1. The van der Waals surface area contributed by atoms with Crippen molar-refractivity contribution >= 4 is 16.9 Å². The standard InChI is InChI=1S/C15H13N3O2/c19-14(10-11-6-2-1-3-7-11)15(20)18-13-9-5-4-8-12(13)16-17-18/h1-9,14,19H,10H2. The number of aliphatic hydroxyl groups excluding tert-OH is 1. The molecule has 0 amide bonds. The van der Waals surface area contributed by atoms with E-state index in [0.717, 1.165) is 10.2 Å². The highest BCUT2D eigenvalue weighted by molar-refractivity contribution is 5.91. The van der Waals surface area contributed by atoms with E-state index in [-0.39, 0.29) is 6.42 Å². The molecule has 0 spiro atoms. The van der Waals surface area contributed by atoms with Gasteiger partial charge < -0.3 is 5.11 Å². The second-order valence-electron chi connectivity index (χ2n) is 4.53. The lowest BCUT2D eigenvalue weighted by Crippen LogP contribution is -2.29. The van der Waals surface area contributed by atoms with Crippen LogP contribution in [0.3, 0.4) is 0 Å². The van der Waals surface area contributed by atoms with Gasteiger partial charge in [0.1, 0.15) is 11.6 Å². The van der Waals surface area contributed by atoms with Crippen LogP contribution in [-0.2, 0) is 6.42 Å². The monoisotopic (exact) mass is 267 g/mol. The predicted molar refractivity (Wildman–Crippen MR) is 74.3 cm³/mol. The van der Waals surface area contributed by atoms with Gasteiger partial charge in [0.15, 0.2) is 0 Å². The van der Waals surface area contributed by atoms with Crippen molar-refractivity contribution in [3.63, 3.8) is 0 Å². The summed E-state index contributed by atoms with van der Waals surface area (Å²) in [4.78, 5) is 12.2. The van der Waals surface area contributed by atoms with E-state index in [1.165, 1.54) is 0 Å². The first-order chi connectivity index (χ1) is 9.75. The van der Waals surface area contributed by atoms with Crippen LogP contribution in [0.4, 0.5) is 0 Å². The minimum Gasteiger partial charge on any atom is -0.383 e. The van der Waals surface area contributed by atoms with E-state index in [1.807, 2.05) is 36.4 Å². The molecular weight excluding hydrogens is 254 g/mol. The van der Waals surface area contributed by atoms with Gasteiger partial charge in [-0.3, -0.25) is 4.79 Å². The highest BCUT2D eigenvalue weighted by atomic mass is 16.3. The van der Waals surface area contributed by atoms with E-state index in [0.29, 0.717) is 11.0 Å². The summed E-state index contributed by atoms with van der Waals surface area (Å²) in [6.45, 7) is 0. The molecule has 0 aliphatic heterocycles. The third-order valence-electron chi connectivity index (χ3n) is 3.12. The summed E-state index contributed by atoms with van der Waals surface area (Å²) in [7, 11) is 0. The third-order valence-corrected chi connectivity index (χ3v) is 3.12. The number of hydrogen-bond acceptors (Lipinski definition) is 4. The molecule has 1 heterocycles. The largest absolute Gasteiger partial charge is 0.383 e. The number of hydrogen-bond donors (Lipinski definition) is 1. The van der Waals surface area contributed by atoms with E-state index in [1.54, 1.807) is 18.2 Å². The Bertz CT molecular complexity index is 737. The Morgan fingerprint density at radius 2 is 1.80 bits per heavy atom. The number of para-hydroxylation sites is 1. The smallest absolute Gasteiger partial charge is 0.277 e. The number of carbonyl (C=O) groups excluding carboxylic acids is 1. The first-order valence-electron chi connectivity index (χ1n) is 6.32. The van der Waals surface area contributed by atoms with Gasteiger partial charge in [-0.2, -0.15) is 4.68 Å². The van der Waals surface area contributed by atoms with Gasteiger partial charge >= 0.3 is 0 Å². The summed E-state index contributed by atoms with van der Waals surface area (Å²) < 4.78 is 1.16. The minimum absolute atomic E-state index is 0.258. The maximum Gasteiger partial charge on any atom is 0.277 e. The van der Waals surface area contributed by atoms with Crippen molar-refractivity contribution in [1.82, 2.24) is 15.0 Å². The number of rotatable bonds is 3. The third kappa shape index (κ3) is 2.31. The van der Waals surface area contributed by atoms with Crippen molar-refractivity contribution in [3.8, 4) is 0 Å². The van der Waals surface area contributed by atoms with Gasteiger partial charge in [-0.1, -0.05) is 47.7 Å². The molecule has 0 radical (unpaired) electrons. The van der Waals surface area contributed by atoms with Crippen LogP contribution in [0.15, 0.2) is 54.6 Å². The zero-order valence-corrected chi connectivity index (χ0v) is 10.7. The Morgan fingerprint density at radius 1 is 1.10 bits per heavy atom. The van der Waals surface area contributed by atoms with Gasteiger partial charge in [-0.25, -0.2) is 0 Å². The van der Waals surface area contributed by atoms with Crippen molar-refractivity contribution in [2.75, 3.05) is 0 Å². The van der Waals surface area contributed by atoms with Crippen LogP contribution in [0.5, 0.6) is 0 Å². The van der Waals surface area contributed by atoms with Crippen molar-refractivity contribution in [2.45, 2.75) is 12.5 Å². The molecule has 0 aliphatic carbocycles. The topological polar surface area (TPSA) is 68.0 Å². The van der Waals surface area contributed by atoms with Gasteiger partial charge in [0, 0.05) is 6.42 Å². The van der Waals surface area contributed by atoms with Crippen molar-refractivity contribution in [2.24, 2.45) is 0 Å². The van der Waals surface area contributed by atoms with Gasteiger partial charge in [0.2, 0.25) is 0 Å². The van der Waals surface area contributed by atoms with Crippen LogP contribution in [0.25, 0.3) is 11.0 Å². The van der Waals surface area contributed by atoms with Crippen LogP contribution in [-0.4, -0.2) is 32.1 Å². The molecule has 100 valence electrons. The lowest BCUT2D eigenvalue weighted by atomic mass is 10.1. The van der Waals surface area contributed by atoms with Crippen molar-refractivity contribution < 1.29 is 9.90 Å². The van der Waals surface area contributed by atoms with E-state index in [4.69, 9.17) is 0 Å². The second-order valence-corrected chi connectivity index (χ2v) is 4.53. The Balaban J connectivity index is 1.85. The first-order valence-corrected chi connectivity index (χ1v) is 6.32. The zero-order valence-electron chi connectivity index (χ0n) is 10.7. The van der Waals surface area contributed by atoms with E-state index in [2.05, 4.69) is 10.3 Å². The first kappa shape index (κ1) is 12.5. The minimum atomic E-state index is -1.14. The van der Waals surface area contributed by atoms with E-state index in [9.17, 15) is 9.90 Å². The molecule has 0 fully saturated rings. The summed E-state index contributed by atoms with van der Waals surface area (Å²) in [6, 6.07) is 16.5. The number of aromatic nitrogens is 3. The van der Waals surface area contributed by atoms with Crippen molar-refractivity contribution in [1.29, 1.82) is 0 Å². The molecule has 0 saturated carbocycles. The average Bonchev–Trinajstić information content (AvgIpc) is 2.91.